The van der Waals surface area contributed by atoms with Crippen molar-refractivity contribution < 1.29 is 19.4 Å². The van der Waals surface area contributed by atoms with E-state index in [1.165, 1.54) is 7.11 Å². The van der Waals surface area contributed by atoms with Gasteiger partial charge in [-0.05, 0) is 13.8 Å². The van der Waals surface area contributed by atoms with E-state index in [1.807, 2.05) is 6.92 Å². The van der Waals surface area contributed by atoms with Crippen LogP contribution in [0.1, 0.15) is 23.9 Å². The summed E-state index contributed by atoms with van der Waals surface area (Å²) in [5.74, 6) is -1.50. The Balaban J connectivity index is 2.91. The number of ether oxygens (including phenoxy) is 1. The maximum atomic E-state index is 11.3. The Labute approximate surface area is 106 Å². The molecule has 0 aliphatic heterocycles. The number of hydrogen-bond acceptors (Lipinski definition) is 4. The standard InChI is InChI=1S/C12H18N2O4/c1-7(12(17)18-4)6-14-9(3)10(5-11(15)16)8(2)13-14/h7H,5-6H2,1-4H3,(H,15,16). The fourth-order valence-electron chi connectivity index (χ4n) is 1.85. The molecule has 1 aromatic heterocycles. The fraction of sp³-hybridized carbons (Fsp3) is 0.583. The second-order valence-corrected chi connectivity index (χ2v) is 4.33. The predicted molar refractivity (Wildman–Crippen MR) is 64.2 cm³/mol. The molecule has 0 amide bonds. The van der Waals surface area contributed by atoms with Crippen molar-refractivity contribution in [2.75, 3.05) is 7.11 Å². The highest BCUT2D eigenvalue weighted by molar-refractivity contribution is 5.72. The van der Waals surface area contributed by atoms with Crippen molar-refractivity contribution in [3.8, 4) is 0 Å². The van der Waals surface area contributed by atoms with E-state index in [-0.39, 0.29) is 18.3 Å². The monoisotopic (exact) mass is 254 g/mol. The lowest BCUT2D eigenvalue weighted by Gasteiger charge is -2.10. The summed E-state index contributed by atoms with van der Waals surface area (Å²) < 4.78 is 6.31. The van der Waals surface area contributed by atoms with Crippen LogP contribution in [-0.4, -0.2) is 33.9 Å². The highest BCUT2D eigenvalue weighted by atomic mass is 16.5. The van der Waals surface area contributed by atoms with Crippen molar-refractivity contribution in [3.05, 3.63) is 17.0 Å². The van der Waals surface area contributed by atoms with Crippen LogP contribution in [0.5, 0.6) is 0 Å². The largest absolute Gasteiger partial charge is 0.481 e. The predicted octanol–water partition coefficient (Wildman–Crippen LogP) is 0.936. The van der Waals surface area contributed by atoms with E-state index in [1.54, 1.807) is 18.5 Å². The molecule has 0 saturated heterocycles. The Kier molecular flexibility index (Phi) is 4.47. The Morgan fingerprint density at radius 2 is 2.06 bits per heavy atom. The highest BCUT2D eigenvalue weighted by Gasteiger charge is 2.19. The molecule has 0 radical (unpaired) electrons. The van der Waals surface area contributed by atoms with Gasteiger partial charge in [0.1, 0.15) is 0 Å². The minimum atomic E-state index is -0.887. The van der Waals surface area contributed by atoms with Crippen molar-refractivity contribution in [2.24, 2.45) is 5.92 Å². The van der Waals surface area contributed by atoms with Crippen molar-refractivity contribution in [3.63, 3.8) is 0 Å². The van der Waals surface area contributed by atoms with Gasteiger partial charge in [0.15, 0.2) is 0 Å². The van der Waals surface area contributed by atoms with Crippen molar-refractivity contribution >= 4 is 11.9 Å². The van der Waals surface area contributed by atoms with Crippen LogP contribution in [0.2, 0.25) is 0 Å². The molecule has 0 saturated carbocycles. The number of carbonyl (C=O) groups is 2. The van der Waals surface area contributed by atoms with Gasteiger partial charge in [0.05, 0.1) is 31.7 Å². The van der Waals surface area contributed by atoms with Crippen LogP contribution in [0.4, 0.5) is 0 Å². The van der Waals surface area contributed by atoms with Crippen LogP contribution in [0.15, 0.2) is 0 Å². The third-order valence-corrected chi connectivity index (χ3v) is 2.91. The Morgan fingerprint density at radius 3 is 2.56 bits per heavy atom. The van der Waals surface area contributed by atoms with Gasteiger partial charge >= 0.3 is 11.9 Å². The fourth-order valence-corrected chi connectivity index (χ4v) is 1.85. The van der Waals surface area contributed by atoms with Gasteiger partial charge in [-0.1, -0.05) is 6.92 Å². The summed E-state index contributed by atoms with van der Waals surface area (Å²) in [6.45, 7) is 5.71. The smallest absolute Gasteiger partial charge is 0.310 e. The number of carboxylic acids is 1. The van der Waals surface area contributed by atoms with Crippen LogP contribution >= 0.6 is 0 Å². The average Bonchev–Trinajstić information content (AvgIpc) is 2.55. The molecule has 1 heterocycles. The summed E-state index contributed by atoms with van der Waals surface area (Å²) in [4.78, 5) is 22.1. The Bertz CT molecular complexity index is 465. The molecule has 6 nitrogen and oxygen atoms in total. The van der Waals surface area contributed by atoms with Gasteiger partial charge in [-0.15, -0.1) is 0 Å². The number of rotatable bonds is 5. The third-order valence-electron chi connectivity index (χ3n) is 2.91. The first-order valence-corrected chi connectivity index (χ1v) is 5.69. The summed E-state index contributed by atoms with van der Waals surface area (Å²) in [7, 11) is 1.34. The molecule has 1 aromatic rings. The molecule has 1 atom stereocenters. The van der Waals surface area contributed by atoms with Gasteiger partial charge in [-0.3, -0.25) is 14.3 Å². The quantitative estimate of drug-likeness (QED) is 0.791. The van der Waals surface area contributed by atoms with Gasteiger partial charge < -0.3 is 9.84 Å². The molecule has 0 spiro atoms. The number of carboxylic acid groups (broad SMARTS) is 1. The van der Waals surface area contributed by atoms with Gasteiger partial charge in [-0.2, -0.15) is 5.10 Å². The number of aryl methyl sites for hydroxylation is 1. The van der Waals surface area contributed by atoms with Crippen LogP contribution in [0.3, 0.4) is 0 Å². The first-order chi connectivity index (χ1) is 8.36. The Morgan fingerprint density at radius 1 is 1.44 bits per heavy atom. The SMILES string of the molecule is COC(=O)C(C)Cn1nc(C)c(CC(=O)O)c1C. The molecule has 1 rings (SSSR count). The van der Waals surface area contributed by atoms with Crippen LogP contribution in [-0.2, 0) is 27.3 Å². The number of methoxy groups -OCH3 is 1. The summed E-state index contributed by atoms with van der Waals surface area (Å²) in [6.07, 6.45) is -0.0513. The molecular weight excluding hydrogens is 236 g/mol. The zero-order valence-corrected chi connectivity index (χ0v) is 11.1. The lowest BCUT2D eigenvalue weighted by Crippen LogP contribution is -2.20. The molecule has 18 heavy (non-hydrogen) atoms. The zero-order valence-electron chi connectivity index (χ0n) is 11.1. The minimum absolute atomic E-state index is 0.0513. The Hall–Kier alpha value is -1.85. The topological polar surface area (TPSA) is 81.4 Å². The minimum Gasteiger partial charge on any atom is -0.481 e. The first kappa shape index (κ1) is 14.2. The molecular formula is C12H18N2O4. The second-order valence-electron chi connectivity index (χ2n) is 4.33. The molecule has 0 aliphatic rings. The highest BCUT2D eigenvalue weighted by Crippen LogP contribution is 2.15. The van der Waals surface area contributed by atoms with E-state index in [0.29, 0.717) is 17.8 Å². The molecule has 1 N–H and O–H groups in total. The molecule has 0 fully saturated rings. The van der Waals surface area contributed by atoms with Crippen LogP contribution < -0.4 is 0 Å². The van der Waals surface area contributed by atoms with Crippen LogP contribution in [0.25, 0.3) is 0 Å². The first-order valence-electron chi connectivity index (χ1n) is 5.69. The van der Waals surface area contributed by atoms with Gasteiger partial charge in [0.2, 0.25) is 0 Å². The molecule has 0 aliphatic carbocycles. The summed E-state index contributed by atoms with van der Waals surface area (Å²) in [5.41, 5.74) is 2.18. The van der Waals surface area contributed by atoms with E-state index in [0.717, 1.165) is 5.69 Å². The van der Waals surface area contributed by atoms with Crippen molar-refractivity contribution in [1.82, 2.24) is 9.78 Å². The lowest BCUT2D eigenvalue weighted by atomic mass is 10.1. The maximum absolute atomic E-state index is 11.3. The van der Waals surface area contributed by atoms with Crippen LogP contribution in [0, 0.1) is 19.8 Å². The van der Waals surface area contributed by atoms with Crippen molar-refractivity contribution in [2.45, 2.75) is 33.7 Å². The number of aromatic nitrogens is 2. The van der Waals surface area contributed by atoms with E-state index in [9.17, 15) is 9.59 Å². The number of carbonyl (C=O) groups excluding carboxylic acids is 1. The van der Waals surface area contributed by atoms with Crippen molar-refractivity contribution in [1.29, 1.82) is 0 Å². The average molecular weight is 254 g/mol. The van der Waals surface area contributed by atoms with E-state index in [4.69, 9.17) is 5.11 Å². The summed E-state index contributed by atoms with van der Waals surface area (Å²) >= 11 is 0. The third kappa shape index (κ3) is 3.09. The number of nitrogens with zero attached hydrogens (tertiary/aromatic N) is 2. The number of hydrogen-bond donors (Lipinski definition) is 1. The zero-order chi connectivity index (χ0) is 13.9. The number of esters is 1. The van der Waals surface area contributed by atoms with Gasteiger partial charge in [0.25, 0.3) is 0 Å². The van der Waals surface area contributed by atoms with E-state index < -0.39 is 5.97 Å². The maximum Gasteiger partial charge on any atom is 0.310 e. The van der Waals surface area contributed by atoms with Gasteiger partial charge in [0, 0.05) is 11.3 Å². The van der Waals surface area contributed by atoms with E-state index in [2.05, 4.69) is 9.84 Å². The molecule has 1 unspecified atom stereocenters. The molecule has 0 aromatic carbocycles. The molecule has 0 bridgehead atoms. The van der Waals surface area contributed by atoms with Gasteiger partial charge in [-0.25, -0.2) is 0 Å². The summed E-state index contributed by atoms with van der Waals surface area (Å²) in [5, 5.41) is 13.1. The summed E-state index contributed by atoms with van der Waals surface area (Å²) in [6, 6.07) is 0. The lowest BCUT2D eigenvalue weighted by molar-refractivity contribution is -0.145. The number of aliphatic carboxylic acids is 1. The normalized spacial score (nSPS) is 12.2. The van der Waals surface area contributed by atoms with E-state index >= 15 is 0 Å². The molecule has 100 valence electrons. The second kappa shape index (κ2) is 5.66. The molecule has 6 heteroatoms.